The van der Waals surface area contributed by atoms with Crippen molar-refractivity contribution in [2.24, 2.45) is 10.7 Å². The van der Waals surface area contributed by atoms with Crippen LogP contribution in [0.3, 0.4) is 0 Å². The van der Waals surface area contributed by atoms with Crippen LogP contribution in [-0.4, -0.2) is 28.4 Å². The van der Waals surface area contributed by atoms with E-state index in [-0.39, 0.29) is 5.78 Å². The minimum Gasteiger partial charge on any atom is -0.329 e. The van der Waals surface area contributed by atoms with Gasteiger partial charge in [0.15, 0.2) is 5.78 Å². The molecule has 1 aromatic rings. The summed E-state index contributed by atoms with van der Waals surface area (Å²) in [6.45, 7) is 4.32. The van der Waals surface area contributed by atoms with Gasteiger partial charge in [-0.05, 0) is 19.1 Å². The highest BCUT2D eigenvalue weighted by molar-refractivity contribution is 8.16. The molecule has 1 unspecified atom stereocenters. The monoisotopic (exact) mass is 280 g/mol. The van der Waals surface area contributed by atoms with Gasteiger partial charge in [0.1, 0.15) is 0 Å². The van der Waals surface area contributed by atoms with E-state index in [1.54, 1.807) is 30.4 Å². The van der Waals surface area contributed by atoms with E-state index in [2.05, 4.69) is 11.9 Å². The molecule has 1 heterocycles. The van der Waals surface area contributed by atoms with E-state index < -0.39 is 0 Å². The molecular formula is C13H16N2OS2. The summed E-state index contributed by atoms with van der Waals surface area (Å²) in [4.78, 5) is 17.1. The van der Waals surface area contributed by atoms with E-state index >= 15 is 0 Å². The molecule has 1 aromatic carbocycles. The maximum Gasteiger partial charge on any atom is 0.159 e. The Hall–Kier alpha value is -0.780. The summed E-state index contributed by atoms with van der Waals surface area (Å²) in [5.74, 6) is 0.967. The molecule has 0 radical (unpaired) electrons. The number of fused-ring (bicyclic) bond motifs is 1. The van der Waals surface area contributed by atoms with E-state index in [1.807, 2.05) is 18.2 Å². The smallest absolute Gasteiger partial charge is 0.159 e. The highest BCUT2D eigenvalue weighted by Crippen LogP contribution is 2.37. The maximum atomic E-state index is 11.4. The minimum absolute atomic E-state index is 0.0769. The first-order valence-electron chi connectivity index (χ1n) is 5.82. The Bertz CT molecular complexity index is 500. The lowest BCUT2D eigenvalue weighted by molar-refractivity contribution is 0.101. The van der Waals surface area contributed by atoms with Crippen LogP contribution in [0.2, 0.25) is 0 Å². The number of hydrogen-bond acceptors (Lipinski definition) is 5. The standard InChI is InChI=1S/C13H16N2OS2/c1-8(6-14)18-13-7-17-12-4-3-10(9(2)16)5-11(12)15-13/h3-5,8H,6-7,14H2,1-2H3. The predicted octanol–water partition coefficient (Wildman–Crippen LogP) is 3.11. The largest absolute Gasteiger partial charge is 0.329 e. The Morgan fingerprint density at radius 1 is 1.61 bits per heavy atom. The second kappa shape index (κ2) is 5.91. The number of thioether (sulfide) groups is 2. The Labute approximate surface area is 116 Å². The van der Waals surface area contributed by atoms with E-state index in [9.17, 15) is 4.79 Å². The minimum atomic E-state index is 0.0769. The van der Waals surface area contributed by atoms with Gasteiger partial charge in [0, 0.05) is 28.0 Å². The van der Waals surface area contributed by atoms with Crippen molar-refractivity contribution in [2.75, 3.05) is 12.3 Å². The molecule has 1 aliphatic heterocycles. The third-order valence-corrected chi connectivity index (χ3v) is 4.99. The number of Topliss-reactive ketones (excluding diaryl/α,β-unsaturated/α-hetero) is 1. The number of ketones is 1. The van der Waals surface area contributed by atoms with Gasteiger partial charge in [0.2, 0.25) is 0 Å². The fourth-order valence-electron chi connectivity index (χ4n) is 1.59. The molecule has 2 N–H and O–H groups in total. The molecule has 0 aromatic heterocycles. The quantitative estimate of drug-likeness (QED) is 0.864. The van der Waals surface area contributed by atoms with Crippen LogP contribution in [0.5, 0.6) is 0 Å². The lowest BCUT2D eigenvalue weighted by atomic mass is 10.1. The number of nitrogens with two attached hydrogens (primary N) is 1. The van der Waals surface area contributed by atoms with E-state index in [0.29, 0.717) is 11.8 Å². The maximum absolute atomic E-state index is 11.4. The number of hydrogen-bond donors (Lipinski definition) is 1. The van der Waals surface area contributed by atoms with Gasteiger partial charge in [-0.1, -0.05) is 13.0 Å². The topological polar surface area (TPSA) is 55.5 Å². The van der Waals surface area contributed by atoms with Crippen LogP contribution in [0.1, 0.15) is 24.2 Å². The molecule has 5 heteroatoms. The van der Waals surface area contributed by atoms with Crippen LogP contribution in [0.15, 0.2) is 28.1 Å². The fourth-order valence-corrected chi connectivity index (χ4v) is 3.51. The number of nitrogens with zero attached hydrogens (tertiary/aromatic N) is 1. The molecule has 96 valence electrons. The number of carbonyl (C=O) groups is 1. The Morgan fingerprint density at radius 2 is 2.39 bits per heavy atom. The summed E-state index contributed by atoms with van der Waals surface area (Å²) < 4.78 is 0. The van der Waals surface area contributed by atoms with Crippen LogP contribution in [0.25, 0.3) is 0 Å². The van der Waals surface area contributed by atoms with Crippen LogP contribution in [0.4, 0.5) is 5.69 Å². The highest BCUT2D eigenvalue weighted by atomic mass is 32.2. The van der Waals surface area contributed by atoms with Gasteiger partial charge in [-0.15, -0.1) is 23.5 Å². The van der Waals surface area contributed by atoms with Crippen molar-refractivity contribution in [1.29, 1.82) is 0 Å². The molecule has 1 aliphatic rings. The van der Waals surface area contributed by atoms with Crippen molar-refractivity contribution >= 4 is 40.0 Å². The van der Waals surface area contributed by atoms with Crippen molar-refractivity contribution in [3.63, 3.8) is 0 Å². The van der Waals surface area contributed by atoms with Crippen LogP contribution >= 0.6 is 23.5 Å². The Kier molecular flexibility index (Phi) is 4.48. The van der Waals surface area contributed by atoms with Crippen molar-refractivity contribution in [3.8, 4) is 0 Å². The summed E-state index contributed by atoms with van der Waals surface area (Å²) in [7, 11) is 0. The van der Waals surface area contributed by atoms with Gasteiger partial charge in [0.05, 0.1) is 10.7 Å². The first-order chi connectivity index (χ1) is 8.60. The summed E-state index contributed by atoms with van der Waals surface area (Å²) in [6, 6.07) is 5.72. The molecule has 0 bridgehead atoms. The predicted molar refractivity (Wildman–Crippen MR) is 80.4 cm³/mol. The molecule has 2 rings (SSSR count). The van der Waals surface area contributed by atoms with Crippen LogP contribution < -0.4 is 5.73 Å². The van der Waals surface area contributed by atoms with Gasteiger partial charge in [-0.3, -0.25) is 4.79 Å². The molecular weight excluding hydrogens is 264 g/mol. The van der Waals surface area contributed by atoms with Crippen molar-refractivity contribution in [3.05, 3.63) is 23.8 Å². The molecule has 18 heavy (non-hydrogen) atoms. The first-order valence-corrected chi connectivity index (χ1v) is 7.68. The normalized spacial score (nSPS) is 15.8. The molecule has 0 saturated carbocycles. The van der Waals surface area contributed by atoms with Gasteiger partial charge in [0.25, 0.3) is 0 Å². The van der Waals surface area contributed by atoms with E-state index in [0.717, 1.165) is 26.9 Å². The van der Waals surface area contributed by atoms with Crippen LogP contribution in [-0.2, 0) is 0 Å². The second-order valence-electron chi connectivity index (χ2n) is 4.20. The van der Waals surface area contributed by atoms with Gasteiger partial charge in [-0.2, -0.15) is 0 Å². The second-order valence-corrected chi connectivity index (χ2v) is 6.73. The number of rotatable bonds is 3. The molecule has 0 aliphatic carbocycles. The van der Waals surface area contributed by atoms with Gasteiger partial charge in [-0.25, -0.2) is 4.99 Å². The van der Waals surface area contributed by atoms with Gasteiger partial charge >= 0.3 is 0 Å². The molecule has 0 amide bonds. The summed E-state index contributed by atoms with van der Waals surface area (Å²) >= 11 is 3.48. The van der Waals surface area contributed by atoms with Crippen molar-refractivity contribution in [2.45, 2.75) is 24.0 Å². The Balaban J connectivity index is 2.25. The first kappa shape index (κ1) is 13.6. The van der Waals surface area contributed by atoms with E-state index in [4.69, 9.17) is 5.73 Å². The summed E-state index contributed by atoms with van der Waals surface area (Å²) in [5, 5.41) is 1.47. The molecule has 0 spiro atoms. The number of carbonyl (C=O) groups excluding carboxylic acids is 1. The number of benzene rings is 1. The average Bonchev–Trinajstić information content (AvgIpc) is 2.37. The molecule has 3 nitrogen and oxygen atoms in total. The lowest BCUT2D eigenvalue weighted by Gasteiger charge is -2.17. The van der Waals surface area contributed by atoms with Crippen molar-refractivity contribution in [1.82, 2.24) is 0 Å². The third kappa shape index (κ3) is 3.16. The third-order valence-electron chi connectivity index (χ3n) is 2.63. The van der Waals surface area contributed by atoms with Gasteiger partial charge < -0.3 is 5.73 Å². The summed E-state index contributed by atoms with van der Waals surface area (Å²) in [6.07, 6.45) is 0. The van der Waals surface area contributed by atoms with Crippen LogP contribution in [0, 0.1) is 0 Å². The molecule has 0 fully saturated rings. The van der Waals surface area contributed by atoms with Crippen molar-refractivity contribution < 1.29 is 4.79 Å². The SMILES string of the molecule is CC(=O)c1ccc2c(c1)N=C(SC(C)CN)CS2. The zero-order valence-electron chi connectivity index (χ0n) is 10.5. The average molecular weight is 280 g/mol. The summed E-state index contributed by atoms with van der Waals surface area (Å²) in [5.41, 5.74) is 7.25. The fraction of sp³-hybridized carbons (Fsp3) is 0.385. The molecule has 1 atom stereocenters. The Morgan fingerprint density at radius 3 is 3.06 bits per heavy atom. The zero-order chi connectivity index (χ0) is 13.1. The lowest BCUT2D eigenvalue weighted by Crippen LogP contribution is -2.16. The highest BCUT2D eigenvalue weighted by Gasteiger charge is 2.16. The number of aliphatic imine (C=N–C) groups is 1. The molecule has 0 saturated heterocycles. The van der Waals surface area contributed by atoms with E-state index in [1.165, 1.54) is 0 Å². The zero-order valence-corrected chi connectivity index (χ0v) is 12.1.